The molecule has 8 aromatic carbocycles. The summed E-state index contributed by atoms with van der Waals surface area (Å²) in [5, 5.41) is 5.76. The normalized spacial score (nSPS) is 11.8. The summed E-state index contributed by atoms with van der Waals surface area (Å²) in [6.07, 6.45) is 1.82. The first kappa shape index (κ1) is 35.1. The molecule has 5 heterocycles. The van der Waals surface area contributed by atoms with E-state index in [1.807, 2.05) is 79.0 Å². The highest BCUT2D eigenvalue weighted by atomic mass is 16.3. The van der Waals surface area contributed by atoms with Crippen molar-refractivity contribution in [3.05, 3.63) is 206 Å². The lowest BCUT2D eigenvalue weighted by molar-refractivity contribution is 0.668. The second-order valence-corrected chi connectivity index (χ2v) is 15.9. The molecule has 7 heteroatoms. The highest BCUT2D eigenvalue weighted by Gasteiger charge is 2.20. The van der Waals surface area contributed by atoms with Crippen LogP contribution in [0.5, 0.6) is 0 Å². The van der Waals surface area contributed by atoms with Crippen molar-refractivity contribution in [1.82, 2.24) is 29.1 Å². The van der Waals surface area contributed by atoms with E-state index >= 15 is 0 Å². The molecule has 0 radical (unpaired) electrons. The maximum absolute atomic E-state index is 6.16. The quantitative estimate of drug-likeness (QED) is 0.167. The largest absolute Gasteiger partial charge is 0.454 e. The summed E-state index contributed by atoms with van der Waals surface area (Å²) in [6.45, 7) is 0. The lowest BCUT2D eigenvalue weighted by Gasteiger charge is -2.12. The molecule has 0 saturated carbocycles. The molecular formula is C56H34N6O. The maximum Gasteiger partial charge on any atom is 0.164 e. The van der Waals surface area contributed by atoms with Crippen LogP contribution in [0, 0.1) is 0 Å². The van der Waals surface area contributed by atoms with Gasteiger partial charge in [0.1, 0.15) is 11.1 Å². The molecule has 13 rings (SSSR count). The van der Waals surface area contributed by atoms with Crippen molar-refractivity contribution in [1.29, 1.82) is 0 Å². The lowest BCUT2D eigenvalue weighted by Crippen LogP contribution is -2.01. The van der Waals surface area contributed by atoms with Crippen LogP contribution in [0.3, 0.4) is 0 Å². The Morgan fingerprint density at radius 3 is 1.73 bits per heavy atom. The van der Waals surface area contributed by atoms with Gasteiger partial charge in [-0.1, -0.05) is 133 Å². The van der Waals surface area contributed by atoms with Crippen LogP contribution >= 0.6 is 0 Å². The average molecular weight is 807 g/mol. The number of rotatable bonds is 6. The molecule has 5 aromatic heterocycles. The molecule has 0 saturated heterocycles. The molecule has 0 aliphatic rings. The Morgan fingerprint density at radius 1 is 0.349 bits per heavy atom. The predicted octanol–water partition coefficient (Wildman–Crippen LogP) is 14.0. The molecule has 0 spiro atoms. The van der Waals surface area contributed by atoms with Gasteiger partial charge in [-0.15, -0.1) is 0 Å². The molecule has 63 heavy (non-hydrogen) atoms. The summed E-state index contributed by atoms with van der Waals surface area (Å²) in [4.78, 5) is 19.7. The van der Waals surface area contributed by atoms with Gasteiger partial charge >= 0.3 is 0 Å². The molecule has 0 fully saturated rings. The minimum atomic E-state index is 0.616. The van der Waals surface area contributed by atoms with Crippen molar-refractivity contribution in [2.75, 3.05) is 0 Å². The van der Waals surface area contributed by atoms with E-state index in [2.05, 4.69) is 142 Å². The molecule has 0 aliphatic carbocycles. The first-order valence-corrected chi connectivity index (χ1v) is 21.0. The molecule has 0 aliphatic heterocycles. The van der Waals surface area contributed by atoms with Crippen molar-refractivity contribution in [3.8, 4) is 56.7 Å². The number of pyridine rings is 1. The van der Waals surface area contributed by atoms with Crippen molar-refractivity contribution in [2.45, 2.75) is 0 Å². The van der Waals surface area contributed by atoms with Gasteiger partial charge in [-0.05, 0) is 77.9 Å². The Bertz CT molecular complexity index is 3860. The molecule has 294 valence electrons. The Hall–Kier alpha value is -8.68. The zero-order valence-corrected chi connectivity index (χ0v) is 33.7. The van der Waals surface area contributed by atoms with Gasteiger partial charge in [-0.2, -0.15) is 0 Å². The molecule has 7 nitrogen and oxygen atoms in total. The van der Waals surface area contributed by atoms with Gasteiger partial charge in [0.05, 0.1) is 22.1 Å². The fraction of sp³-hybridized carbons (Fsp3) is 0. The summed E-state index contributed by atoms with van der Waals surface area (Å²) in [5.74, 6) is 1.88. The van der Waals surface area contributed by atoms with Gasteiger partial charge in [0.15, 0.2) is 23.1 Å². The second kappa shape index (κ2) is 13.9. The van der Waals surface area contributed by atoms with Gasteiger partial charge in [0.2, 0.25) is 0 Å². The number of aromatic nitrogens is 6. The van der Waals surface area contributed by atoms with E-state index in [-0.39, 0.29) is 0 Å². The molecular weight excluding hydrogens is 773 g/mol. The minimum absolute atomic E-state index is 0.616. The number of furan rings is 1. The topological polar surface area (TPSA) is 74.6 Å². The Labute approximate surface area is 360 Å². The van der Waals surface area contributed by atoms with Crippen LogP contribution in [-0.4, -0.2) is 29.1 Å². The van der Waals surface area contributed by atoms with E-state index < -0.39 is 0 Å². The Balaban J connectivity index is 0.993. The van der Waals surface area contributed by atoms with E-state index in [4.69, 9.17) is 19.4 Å². The highest BCUT2D eigenvalue weighted by molar-refractivity contribution is 6.17. The van der Waals surface area contributed by atoms with Crippen LogP contribution in [0.25, 0.3) is 122 Å². The SMILES string of the molecule is c1ccc(-c2nc(-c3ccccc3)nc(-c3cccc(-n4c5ccccc5c5ccc(-c6cccc7c6c6ccccc6n7-c6ccc7oc8cccnc8c7c6)cc54)c3)n2)cc1. The lowest BCUT2D eigenvalue weighted by atomic mass is 9.98. The van der Waals surface area contributed by atoms with Crippen LogP contribution < -0.4 is 0 Å². The minimum Gasteiger partial charge on any atom is -0.454 e. The van der Waals surface area contributed by atoms with Crippen molar-refractivity contribution in [3.63, 3.8) is 0 Å². The Morgan fingerprint density at radius 2 is 0.952 bits per heavy atom. The van der Waals surface area contributed by atoms with Gasteiger partial charge in [0.25, 0.3) is 0 Å². The van der Waals surface area contributed by atoms with E-state index in [1.54, 1.807) is 0 Å². The third kappa shape index (κ3) is 5.60. The van der Waals surface area contributed by atoms with Gasteiger partial charge in [-0.3, -0.25) is 4.98 Å². The predicted molar refractivity (Wildman–Crippen MR) is 255 cm³/mol. The summed E-state index contributed by atoms with van der Waals surface area (Å²) in [6, 6.07) is 69.9. The van der Waals surface area contributed by atoms with Crippen LogP contribution in [0.15, 0.2) is 211 Å². The smallest absolute Gasteiger partial charge is 0.164 e. The third-order valence-corrected chi connectivity index (χ3v) is 12.2. The molecule has 13 aromatic rings. The molecule has 0 amide bonds. The van der Waals surface area contributed by atoms with Crippen LogP contribution in [0.4, 0.5) is 0 Å². The molecule has 0 bridgehead atoms. The molecule has 0 unspecified atom stereocenters. The zero-order valence-electron chi connectivity index (χ0n) is 33.7. The molecule has 0 N–H and O–H groups in total. The number of nitrogens with zero attached hydrogens (tertiary/aromatic N) is 6. The van der Waals surface area contributed by atoms with Crippen molar-refractivity contribution < 1.29 is 4.42 Å². The van der Waals surface area contributed by atoms with Gasteiger partial charge in [-0.25, -0.2) is 15.0 Å². The fourth-order valence-electron chi connectivity index (χ4n) is 9.40. The summed E-state index contributed by atoms with van der Waals surface area (Å²) < 4.78 is 10.9. The first-order chi connectivity index (χ1) is 31.2. The molecule has 0 atom stereocenters. The summed E-state index contributed by atoms with van der Waals surface area (Å²) >= 11 is 0. The number of fused-ring (bicyclic) bond motifs is 9. The maximum atomic E-state index is 6.16. The first-order valence-electron chi connectivity index (χ1n) is 21.0. The van der Waals surface area contributed by atoms with E-state index in [0.29, 0.717) is 17.5 Å². The van der Waals surface area contributed by atoms with Crippen LogP contribution in [0.1, 0.15) is 0 Å². The van der Waals surface area contributed by atoms with Crippen LogP contribution in [0.2, 0.25) is 0 Å². The van der Waals surface area contributed by atoms with E-state index in [0.717, 1.165) is 77.8 Å². The number of hydrogen-bond donors (Lipinski definition) is 0. The second-order valence-electron chi connectivity index (χ2n) is 15.9. The van der Waals surface area contributed by atoms with E-state index in [1.165, 1.54) is 27.1 Å². The van der Waals surface area contributed by atoms with E-state index in [9.17, 15) is 0 Å². The Kier molecular flexibility index (Phi) is 7.77. The highest BCUT2D eigenvalue weighted by Crippen LogP contribution is 2.42. The van der Waals surface area contributed by atoms with Crippen molar-refractivity contribution >= 4 is 65.7 Å². The number of para-hydroxylation sites is 2. The summed E-state index contributed by atoms with van der Waals surface area (Å²) in [7, 11) is 0. The number of hydrogen-bond acceptors (Lipinski definition) is 5. The monoisotopic (exact) mass is 806 g/mol. The van der Waals surface area contributed by atoms with Crippen molar-refractivity contribution in [2.24, 2.45) is 0 Å². The zero-order chi connectivity index (χ0) is 41.4. The standard InChI is InChI=1S/C56H34N6O/c1-3-14-35(15-4-1)54-58-55(36-16-5-2-6-17-36)60-56(59-54)38-18-11-19-39(32-38)62-46-23-9-7-20-42(46)43-29-27-37(33-49(43)62)41-22-12-25-48-52(41)44-21-8-10-24-47(44)61(48)40-28-30-50-45(34-40)53-51(63-50)26-13-31-57-53/h1-34H. The number of benzene rings is 8. The van der Waals surface area contributed by atoms with Gasteiger partial charge in [0, 0.05) is 61.2 Å². The van der Waals surface area contributed by atoms with Crippen LogP contribution in [-0.2, 0) is 0 Å². The summed E-state index contributed by atoms with van der Waals surface area (Å²) in [5.41, 5.74) is 14.1. The third-order valence-electron chi connectivity index (χ3n) is 12.2. The fourth-order valence-corrected chi connectivity index (χ4v) is 9.40. The average Bonchev–Trinajstić information content (AvgIpc) is 4.02. The van der Waals surface area contributed by atoms with Gasteiger partial charge < -0.3 is 13.6 Å².